The third-order valence-electron chi connectivity index (χ3n) is 4.46. The fourth-order valence-corrected chi connectivity index (χ4v) is 3.41. The molecular formula is C14H16F3N3O2. The fraction of sp³-hybridized carbons (Fsp3) is 0.643. The molecule has 3 rings (SSSR count). The molecule has 5 nitrogen and oxygen atoms in total. The van der Waals surface area contributed by atoms with E-state index in [9.17, 15) is 23.3 Å². The Morgan fingerprint density at radius 2 is 2.09 bits per heavy atom. The van der Waals surface area contributed by atoms with Gasteiger partial charge in [-0.05, 0) is 32.1 Å². The van der Waals surface area contributed by atoms with Crippen LogP contribution in [0.2, 0.25) is 0 Å². The van der Waals surface area contributed by atoms with Gasteiger partial charge in [-0.25, -0.2) is 0 Å². The summed E-state index contributed by atoms with van der Waals surface area (Å²) in [6.45, 7) is 0.213. The van der Waals surface area contributed by atoms with Gasteiger partial charge in [0.2, 0.25) is 0 Å². The predicted octanol–water partition coefficient (Wildman–Crippen LogP) is 3.26. The quantitative estimate of drug-likeness (QED) is 0.621. The first-order valence-corrected chi connectivity index (χ1v) is 7.34. The zero-order chi connectivity index (χ0) is 15.9. The van der Waals surface area contributed by atoms with Crippen LogP contribution < -0.4 is 4.90 Å². The summed E-state index contributed by atoms with van der Waals surface area (Å²) >= 11 is 0. The maximum atomic E-state index is 13.0. The van der Waals surface area contributed by atoms with Crippen LogP contribution in [0.25, 0.3) is 0 Å². The number of hydrogen-bond donors (Lipinski definition) is 0. The average Bonchev–Trinajstić information content (AvgIpc) is 2.93. The van der Waals surface area contributed by atoms with Crippen molar-refractivity contribution in [1.82, 2.24) is 4.98 Å². The minimum atomic E-state index is -4.26. The average molecular weight is 315 g/mol. The molecule has 120 valence electrons. The summed E-state index contributed by atoms with van der Waals surface area (Å²) in [5.41, 5.74) is 1.73. The molecule has 2 aliphatic rings. The zero-order valence-electron chi connectivity index (χ0n) is 11.9. The van der Waals surface area contributed by atoms with Crippen LogP contribution in [-0.4, -0.2) is 29.2 Å². The van der Waals surface area contributed by atoms with Gasteiger partial charge in [-0.2, -0.15) is 13.2 Å². The number of aryl methyl sites for hydroxylation is 1. The van der Waals surface area contributed by atoms with Crippen LogP contribution in [0.1, 0.15) is 30.5 Å². The molecule has 0 aromatic carbocycles. The standard InChI is InChI=1S/C14H16F3N3O2/c15-14(16,17)9-3-2-6-19(8-9)13-10-4-1-5-11(10)18-7-12(13)20(21)22/h7,9H,1-6,8H2/t9-/m1/s1. The number of halogens is 3. The lowest BCUT2D eigenvalue weighted by atomic mass is 9.96. The Morgan fingerprint density at radius 1 is 1.32 bits per heavy atom. The van der Waals surface area contributed by atoms with Crippen molar-refractivity contribution in [1.29, 1.82) is 0 Å². The number of hydrogen-bond acceptors (Lipinski definition) is 4. The largest absolute Gasteiger partial charge is 0.393 e. The van der Waals surface area contributed by atoms with Gasteiger partial charge >= 0.3 is 11.9 Å². The van der Waals surface area contributed by atoms with Crippen LogP contribution in [0.4, 0.5) is 24.5 Å². The molecule has 0 unspecified atom stereocenters. The molecule has 1 fully saturated rings. The van der Waals surface area contributed by atoms with Gasteiger partial charge in [0.1, 0.15) is 11.9 Å². The predicted molar refractivity (Wildman–Crippen MR) is 73.9 cm³/mol. The first-order valence-electron chi connectivity index (χ1n) is 7.34. The van der Waals surface area contributed by atoms with Gasteiger partial charge in [0, 0.05) is 24.3 Å². The number of anilines is 1. The number of fused-ring (bicyclic) bond motifs is 1. The molecule has 0 bridgehead atoms. The number of nitro groups is 1. The Morgan fingerprint density at radius 3 is 2.77 bits per heavy atom. The normalized spacial score (nSPS) is 21.8. The van der Waals surface area contributed by atoms with E-state index >= 15 is 0 Å². The van der Waals surface area contributed by atoms with E-state index in [1.165, 1.54) is 6.20 Å². The summed E-state index contributed by atoms with van der Waals surface area (Å²) < 4.78 is 39.0. The summed E-state index contributed by atoms with van der Waals surface area (Å²) in [6.07, 6.45) is -0.379. The fourth-order valence-electron chi connectivity index (χ4n) is 3.41. The van der Waals surface area contributed by atoms with E-state index < -0.39 is 17.0 Å². The molecule has 1 atom stereocenters. The SMILES string of the molecule is O=[N+]([O-])c1cnc2c(c1N1CCC[C@@H](C(F)(F)F)C1)CCC2. The lowest BCUT2D eigenvalue weighted by molar-refractivity contribution is -0.384. The minimum absolute atomic E-state index is 0.0844. The molecule has 1 aliphatic heterocycles. The second kappa shape index (κ2) is 5.40. The number of pyridine rings is 1. The van der Waals surface area contributed by atoms with Gasteiger partial charge in [-0.3, -0.25) is 15.1 Å². The molecule has 1 aromatic heterocycles. The summed E-state index contributed by atoms with van der Waals surface area (Å²) in [5, 5.41) is 11.3. The molecule has 1 aromatic rings. The Kier molecular flexibility index (Phi) is 3.70. The molecule has 0 N–H and O–H groups in total. The van der Waals surface area contributed by atoms with Crippen molar-refractivity contribution >= 4 is 11.4 Å². The highest BCUT2D eigenvalue weighted by Crippen LogP contribution is 2.41. The smallest absolute Gasteiger partial charge is 0.365 e. The molecule has 8 heteroatoms. The van der Waals surface area contributed by atoms with Gasteiger partial charge in [-0.1, -0.05) is 0 Å². The van der Waals surface area contributed by atoms with Crippen molar-refractivity contribution in [3.8, 4) is 0 Å². The van der Waals surface area contributed by atoms with Gasteiger partial charge in [-0.15, -0.1) is 0 Å². The molecule has 0 spiro atoms. The number of nitrogens with zero attached hydrogens (tertiary/aromatic N) is 3. The molecular weight excluding hydrogens is 299 g/mol. The van der Waals surface area contributed by atoms with E-state index in [0.717, 1.165) is 24.1 Å². The van der Waals surface area contributed by atoms with Crippen molar-refractivity contribution < 1.29 is 18.1 Å². The summed E-state index contributed by atoms with van der Waals surface area (Å²) in [5.74, 6) is -1.42. The highest BCUT2D eigenvalue weighted by molar-refractivity contribution is 5.69. The zero-order valence-corrected chi connectivity index (χ0v) is 11.9. The summed E-state index contributed by atoms with van der Waals surface area (Å²) in [4.78, 5) is 16.4. The van der Waals surface area contributed by atoms with Crippen LogP contribution >= 0.6 is 0 Å². The van der Waals surface area contributed by atoms with Crippen LogP contribution in [0.5, 0.6) is 0 Å². The molecule has 1 saturated heterocycles. The van der Waals surface area contributed by atoms with E-state index in [1.54, 1.807) is 4.90 Å². The van der Waals surface area contributed by atoms with E-state index in [0.29, 0.717) is 25.1 Å². The van der Waals surface area contributed by atoms with E-state index in [-0.39, 0.29) is 18.7 Å². The molecule has 2 heterocycles. The van der Waals surface area contributed by atoms with Crippen LogP contribution in [-0.2, 0) is 12.8 Å². The third-order valence-corrected chi connectivity index (χ3v) is 4.46. The molecule has 0 amide bonds. The number of aromatic nitrogens is 1. The minimum Gasteiger partial charge on any atom is -0.365 e. The van der Waals surface area contributed by atoms with Crippen molar-refractivity contribution in [2.24, 2.45) is 5.92 Å². The van der Waals surface area contributed by atoms with Crippen molar-refractivity contribution in [2.45, 2.75) is 38.3 Å². The molecule has 0 saturated carbocycles. The van der Waals surface area contributed by atoms with E-state index in [4.69, 9.17) is 0 Å². The van der Waals surface area contributed by atoms with Gasteiger partial charge in [0.15, 0.2) is 0 Å². The van der Waals surface area contributed by atoms with Gasteiger partial charge in [0.05, 0.1) is 10.8 Å². The van der Waals surface area contributed by atoms with Gasteiger partial charge in [0.25, 0.3) is 0 Å². The monoisotopic (exact) mass is 315 g/mol. The third kappa shape index (κ3) is 2.62. The Bertz CT molecular complexity index is 604. The Hall–Kier alpha value is -1.86. The van der Waals surface area contributed by atoms with Crippen molar-refractivity contribution in [3.05, 3.63) is 27.6 Å². The second-order valence-electron chi connectivity index (χ2n) is 5.85. The van der Waals surface area contributed by atoms with Crippen molar-refractivity contribution in [2.75, 3.05) is 18.0 Å². The number of alkyl halides is 3. The van der Waals surface area contributed by atoms with Crippen LogP contribution in [0.15, 0.2) is 6.20 Å². The topological polar surface area (TPSA) is 59.3 Å². The second-order valence-corrected chi connectivity index (χ2v) is 5.85. The summed E-state index contributed by atoms with van der Waals surface area (Å²) in [7, 11) is 0. The molecule has 22 heavy (non-hydrogen) atoms. The lowest BCUT2D eigenvalue weighted by Crippen LogP contribution is -2.42. The first-order chi connectivity index (χ1) is 10.4. The molecule has 1 aliphatic carbocycles. The highest BCUT2D eigenvalue weighted by Gasteiger charge is 2.43. The van der Waals surface area contributed by atoms with Crippen LogP contribution in [0.3, 0.4) is 0 Å². The van der Waals surface area contributed by atoms with E-state index in [2.05, 4.69) is 4.98 Å². The number of piperidine rings is 1. The Balaban J connectivity index is 2.00. The van der Waals surface area contributed by atoms with Crippen molar-refractivity contribution in [3.63, 3.8) is 0 Å². The highest BCUT2D eigenvalue weighted by atomic mass is 19.4. The van der Waals surface area contributed by atoms with Crippen LogP contribution in [0, 0.1) is 16.0 Å². The first kappa shape index (κ1) is 15.1. The maximum absolute atomic E-state index is 13.0. The Labute approximate surface area is 125 Å². The lowest BCUT2D eigenvalue weighted by Gasteiger charge is -2.35. The maximum Gasteiger partial charge on any atom is 0.393 e. The summed E-state index contributed by atoms with van der Waals surface area (Å²) in [6, 6.07) is 0. The molecule has 0 radical (unpaired) electrons. The van der Waals surface area contributed by atoms with E-state index in [1.807, 2.05) is 0 Å². The number of rotatable bonds is 2. The van der Waals surface area contributed by atoms with Gasteiger partial charge < -0.3 is 4.90 Å².